The van der Waals surface area contributed by atoms with Gasteiger partial charge in [0.2, 0.25) is 5.88 Å². The molecule has 12 heteroatoms. The standard InChI is InChI=1S/C18H23N3O2.C6H4F3N3O/c1-4-23-18-17(21-8-9-22-12-13(21)2)10-15(11-20-18)16-6-5-7-19-14(16)3;7-6(8,9)12-5(13)4-1-2-10-11-3-4/h5-7,10-11,13H,4,8-9,12H2,1-3H3;1-3H,(H,12,13). The number of halogens is 3. The maximum Gasteiger partial charge on any atom is 0.484 e. The first kappa shape index (κ1) is 26.8. The molecule has 1 unspecified atom stereocenters. The molecule has 0 aromatic carbocycles. The zero-order valence-corrected chi connectivity index (χ0v) is 20.1. The van der Waals surface area contributed by atoms with Crippen molar-refractivity contribution in [1.82, 2.24) is 25.5 Å². The maximum atomic E-state index is 11.6. The molecule has 36 heavy (non-hydrogen) atoms. The minimum Gasteiger partial charge on any atom is -0.476 e. The average molecular weight is 505 g/mol. The molecule has 0 aliphatic carbocycles. The van der Waals surface area contributed by atoms with E-state index in [9.17, 15) is 18.0 Å². The Kier molecular flexibility index (Phi) is 9.12. The lowest BCUT2D eigenvalue weighted by Gasteiger charge is -2.35. The Balaban J connectivity index is 0.000000236. The molecule has 1 saturated heterocycles. The molecule has 1 fully saturated rings. The Hall–Kier alpha value is -3.80. The highest BCUT2D eigenvalue weighted by Crippen LogP contribution is 2.34. The van der Waals surface area contributed by atoms with Crippen molar-refractivity contribution in [3.8, 4) is 17.0 Å². The second-order valence-electron chi connectivity index (χ2n) is 7.82. The number of nitrogens with zero attached hydrogens (tertiary/aromatic N) is 5. The van der Waals surface area contributed by atoms with Gasteiger partial charge in [-0.05, 0) is 39.0 Å². The lowest BCUT2D eigenvalue weighted by atomic mass is 10.1. The fraction of sp³-hybridized carbons (Fsp3) is 0.375. The zero-order valence-electron chi connectivity index (χ0n) is 20.1. The number of carbonyl (C=O) groups is 1. The molecular weight excluding hydrogens is 477 g/mol. The molecule has 1 aliphatic heterocycles. The van der Waals surface area contributed by atoms with Gasteiger partial charge in [-0.15, -0.1) is 0 Å². The number of amides is 1. The Bertz CT molecular complexity index is 1150. The van der Waals surface area contributed by atoms with Gasteiger partial charge >= 0.3 is 6.30 Å². The number of carbonyl (C=O) groups excluding carboxylic acids is 1. The Morgan fingerprint density at radius 3 is 2.67 bits per heavy atom. The van der Waals surface area contributed by atoms with Gasteiger partial charge in [-0.25, -0.2) is 4.98 Å². The number of ether oxygens (including phenoxy) is 2. The number of pyridine rings is 2. The molecule has 0 bridgehead atoms. The molecule has 1 N–H and O–H groups in total. The van der Waals surface area contributed by atoms with Gasteiger partial charge in [-0.3, -0.25) is 15.1 Å². The largest absolute Gasteiger partial charge is 0.484 e. The first-order chi connectivity index (χ1) is 17.2. The number of morpholine rings is 1. The van der Waals surface area contributed by atoms with Gasteiger partial charge in [-0.2, -0.15) is 23.4 Å². The molecule has 1 atom stereocenters. The molecule has 1 amide bonds. The van der Waals surface area contributed by atoms with Gasteiger partial charge in [0.1, 0.15) is 5.69 Å². The lowest BCUT2D eigenvalue weighted by molar-refractivity contribution is -0.146. The Labute approximate surface area is 206 Å². The summed E-state index contributed by atoms with van der Waals surface area (Å²) in [6.45, 7) is 9.06. The Morgan fingerprint density at radius 1 is 1.22 bits per heavy atom. The van der Waals surface area contributed by atoms with E-state index in [1.807, 2.05) is 32.3 Å². The Morgan fingerprint density at radius 2 is 2.03 bits per heavy atom. The molecule has 3 aromatic rings. The van der Waals surface area contributed by atoms with Crippen LogP contribution in [0.4, 0.5) is 18.9 Å². The van der Waals surface area contributed by atoms with Crippen LogP contribution >= 0.6 is 0 Å². The number of alkyl halides is 3. The van der Waals surface area contributed by atoms with E-state index in [0.29, 0.717) is 18.5 Å². The van der Waals surface area contributed by atoms with E-state index >= 15 is 0 Å². The van der Waals surface area contributed by atoms with Gasteiger partial charge < -0.3 is 14.4 Å². The molecule has 192 valence electrons. The molecule has 0 spiro atoms. The maximum absolute atomic E-state index is 11.6. The zero-order chi connectivity index (χ0) is 26.1. The highest BCUT2D eigenvalue weighted by molar-refractivity contribution is 5.93. The summed E-state index contributed by atoms with van der Waals surface area (Å²) in [4.78, 5) is 22.0. The number of rotatable bonds is 5. The van der Waals surface area contributed by atoms with Crippen molar-refractivity contribution in [2.24, 2.45) is 0 Å². The summed E-state index contributed by atoms with van der Waals surface area (Å²) in [5, 5.41) is 7.40. The summed E-state index contributed by atoms with van der Waals surface area (Å²) < 4.78 is 46.2. The molecule has 4 rings (SSSR count). The van der Waals surface area contributed by atoms with Crippen LogP contribution in [0.3, 0.4) is 0 Å². The van der Waals surface area contributed by atoms with E-state index in [2.05, 4.69) is 44.1 Å². The van der Waals surface area contributed by atoms with Crippen molar-refractivity contribution in [2.45, 2.75) is 33.1 Å². The molecule has 0 radical (unpaired) electrons. The molecular formula is C24H27F3N6O3. The van der Waals surface area contributed by atoms with Gasteiger partial charge in [-0.1, -0.05) is 6.07 Å². The van der Waals surface area contributed by atoms with Crippen molar-refractivity contribution >= 4 is 11.6 Å². The molecule has 3 aromatic heterocycles. The number of hydrogen-bond acceptors (Lipinski definition) is 8. The van der Waals surface area contributed by atoms with Crippen LogP contribution in [0.15, 0.2) is 49.1 Å². The first-order valence-electron chi connectivity index (χ1n) is 11.2. The van der Waals surface area contributed by atoms with Crippen LogP contribution in [0.25, 0.3) is 11.1 Å². The fourth-order valence-corrected chi connectivity index (χ4v) is 3.54. The number of aryl methyl sites for hydroxylation is 1. The van der Waals surface area contributed by atoms with Crippen molar-refractivity contribution < 1.29 is 27.4 Å². The van der Waals surface area contributed by atoms with Crippen LogP contribution in [0.2, 0.25) is 0 Å². The van der Waals surface area contributed by atoms with Gasteiger partial charge in [0.05, 0.1) is 37.8 Å². The summed E-state index contributed by atoms with van der Waals surface area (Å²) >= 11 is 0. The van der Waals surface area contributed by atoms with E-state index in [-0.39, 0.29) is 5.56 Å². The number of anilines is 1. The summed E-state index contributed by atoms with van der Waals surface area (Å²) in [6.07, 6.45) is 1.03. The van der Waals surface area contributed by atoms with Gasteiger partial charge in [0.15, 0.2) is 0 Å². The van der Waals surface area contributed by atoms with E-state index in [1.165, 1.54) is 0 Å². The highest BCUT2D eigenvalue weighted by Gasteiger charge is 2.30. The molecule has 1 aliphatic rings. The number of nitrogens with one attached hydrogen (secondary N) is 1. The number of hydrogen-bond donors (Lipinski definition) is 1. The fourth-order valence-electron chi connectivity index (χ4n) is 3.54. The van der Waals surface area contributed by atoms with Crippen LogP contribution in [0.5, 0.6) is 5.88 Å². The quantitative estimate of drug-likeness (QED) is 0.524. The highest BCUT2D eigenvalue weighted by atomic mass is 19.4. The molecule has 0 saturated carbocycles. The molecule has 4 heterocycles. The summed E-state index contributed by atoms with van der Waals surface area (Å²) in [7, 11) is 0. The predicted octanol–water partition coefficient (Wildman–Crippen LogP) is 3.80. The summed E-state index contributed by atoms with van der Waals surface area (Å²) in [6, 6.07) is 7.62. The topological polar surface area (TPSA) is 102 Å². The van der Waals surface area contributed by atoms with Crippen LogP contribution in [-0.2, 0) is 4.74 Å². The summed E-state index contributed by atoms with van der Waals surface area (Å²) in [5.74, 6) is -0.561. The van der Waals surface area contributed by atoms with Crippen molar-refractivity contribution in [2.75, 3.05) is 31.3 Å². The third-order valence-corrected chi connectivity index (χ3v) is 5.21. The third-order valence-electron chi connectivity index (χ3n) is 5.21. The second-order valence-corrected chi connectivity index (χ2v) is 7.82. The average Bonchev–Trinajstić information content (AvgIpc) is 2.85. The predicted molar refractivity (Wildman–Crippen MR) is 127 cm³/mol. The van der Waals surface area contributed by atoms with Crippen molar-refractivity contribution in [3.05, 3.63) is 60.3 Å². The van der Waals surface area contributed by atoms with E-state index in [1.54, 1.807) is 0 Å². The smallest absolute Gasteiger partial charge is 0.476 e. The third kappa shape index (κ3) is 7.35. The van der Waals surface area contributed by atoms with E-state index in [0.717, 1.165) is 66.0 Å². The number of aromatic nitrogens is 4. The second kappa shape index (κ2) is 12.2. The van der Waals surface area contributed by atoms with Gasteiger partial charge in [0, 0.05) is 41.8 Å². The van der Waals surface area contributed by atoms with Gasteiger partial charge in [0.25, 0.3) is 5.91 Å². The first-order valence-corrected chi connectivity index (χ1v) is 11.2. The van der Waals surface area contributed by atoms with Crippen LogP contribution in [0.1, 0.15) is 29.9 Å². The monoisotopic (exact) mass is 504 g/mol. The van der Waals surface area contributed by atoms with E-state index in [4.69, 9.17) is 9.47 Å². The van der Waals surface area contributed by atoms with Crippen LogP contribution in [0, 0.1) is 6.92 Å². The minimum atomic E-state index is -4.72. The van der Waals surface area contributed by atoms with Crippen LogP contribution < -0.4 is 15.0 Å². The van der Waals surface area contributed by atoms with Crippen molar-refractivity contribution in [1.29, 1.82) is 0 Å². The van der Waals surface area contributed by atoms with Crippen LogP contribution in [-0.4, -0.2) is 64.8 Å². The van der Waals surface area contributed by atoms with E-state index < -0.39 is 12.2 Å². The molecule has 9 nitrogen and oxygen atoms in total. The SMILES string of the molecule is CCOc1ncc(-c2cccnc2C)cc1N1CCOCC1C.O=C(NC(F)(F)F)c1ccnnc1. The minimum absolute atomic E-state index is 0.188. The van der Waals surface area contributed by atoms with Crippen molar-refractivity contribution in [3.63, 3.8) is 0 Å². The lowest BCUT2D eigenvalue weighted by Crippen LogP contribution is -2.44. The normalized spacial score (nSPS) is 15.5. The summed E-state index contributed by atoms with van der Waals surface area (Å²) in [5.41, 5.74) is 4.01.